The number of aryl methyl sites for hydroxylation is 2. The van der Waals surface area contributed by atoms with Gasteiger partial charge in [0.1, 0.15) is 0 Å². The van der Waals surface area contributed by atoms with Crippen LogP contribution in [0.4, 0.5) is 5.69 Å². The number of nitrogens with zero attached hydrogens (tertiary/aromatic N) is 1. The van der Waals surface area contributed by atoms with Gasteiger partial charge in [-0.1, -0.05) is 13.8 Å². The third kappa shape index (κ3) is 1.78. The molecule has 0 amide bonds. The minimum atomic E-state index is 0.790. The SMILES string of the molecule is CCc1cc(N)c(Br)c(CC)n1. The third-order valence-electron chi connectivity index (χ3n) is 1.80. The van der Waals surface area contributed by atoms with Crippen LogP contribution < -0.4 is 5.73 Å². The zero-order chi connectivity index (χ0) is 9.14. The number of rotatable bonds is 2. The van der Waals surface area contributed by atoms with Gasteiger partial charge in [0.25, 0.3) is 0 Å². The van der Waals surface area contributed by atoms with E-state index in [0.717, 1.165) is 34.4 Å². The van der Waals surface area contributed by atoms with E-state index in [4.69, 9.17) is 5.73 Å². The summed E-state index contributed by atoms with van der Waals surface area (Å²) in [6.07, 6.45) is 1.85. The first kappa shape index (κ1) is 9.52. The van der Waals surface area contributed by atoms with E-state index in [9.17, 15) is 0 Å². The Kier molecular flexibility index (Phi) is 3.09. The van der Waals surface area contributed by atoms with Crippen LogP contribution >= 0.6 is 15.9 Å². The van der Waals surface area contributed by atoms with Crippen molar-refractivity contribution in [2.45, 2.75) is 26.7 Å². The molecule has 0 saturated heterocycles. The van der Waals surface area contributed by atoms with Crippen molar-refractivity contribution >= 4 is 21.6 Å². The molecule has 66 valence electrons. The zero-order valence-electron chi connectivity index (χ0n) is 7.39. The van der Waals surface area contributed by atoms with Gasteiger partial charge in [-0.2, -0.15) is 0 Å². The summed E-state index contributed by atoms with van der Waals surface area (Å²) in [4.78, 5) is 4.44. The average Bonchev–Trinajstić information content (AvgIpc) is 2.09. The van der Waals surface area contributed by atoms with Gasteiger partial charge < -0.3 is 5.73 Å². The molecule has 0 aromatic carbocycles. The van der Waals surface area contributed by atoms with Crippen LogP contribution in [0, 0.1) is 0 Å². The van der Waals surface area contributed by atoms with Gasteiger partial charge in [0, 0.05) is 11.4 Å². The van der Waals surface area contributed by atoms with Crippen molar-refractivity contribution < 1.29 is 0 Å². The summed E-state index contributed by atoms with van der Waals surface area (Å²) in [6.45, 7) is 4.15. The summed E-state index contributed by atoms with van der Waals surface area (Å²) >= 11 is 3.42. The molecule has 0 saturated carbocycles. The van der Waals surface area contributed by atoms with Crippen LogP contribution in [0.3, 0.4) is 0 Å². The van der Waals surface area contributed by atoms with Crippen LogP contribution in [0.5, 0.6) is 0 Å². The lowest BCUT2D eigenvalue weighted by molar-refractivity contribution is 0.948. The van der Waals surface area contributed by atoms with E-state index in [-0.39, 0.29) is 0 Å². The third-order valence-corrected chi connectivity index (χ3v) is 2.72. The van der Waals surface area contributed by atoms with Gasteiger partial charge in [-0.25, -0.2) is 0 Å². The summed E-state index contributed by atoms with van der Waals surface area (Å²) in [5, 5.41) is 0. The quantitative estimate of drug-likeness (QED) is 0.846. The number of aromatic nitrogens is 1. The first-order chi connectivity index (χ1) is 5.69. The molecule has 1 aromatic rings. The van der Waals surface area contributed by atoms with Crippen molar-refractivity contribution in [2.24, 2.45) is 0 Å². The zero-order valence-corrected chi connectivity index (χ0v) is 8.98. The Labute approximate surface area is 81.3 Å². The van der Waals surface area contributed by atoms with Crippen molar-refractivity contribution in [2.75, 3.05) is 5.73 Å². The molecule has 1 rings (SSSR count). The molecule has 3 heteroatoms. The molecule has 0 unspecified atom stereocenters. The van der Waals surface area contributed by atoms with Crippen molar-refractivity contribution in [1.82, 2.24) is 4.98 Å². The fourth-order valence-corrected chi connectivity index (χ4v) is 1.56. The van der Waals surface area contributed by atoms with E-state index in [1.165, 1.54) is 0 Å². The summed E-state index contributed by atoms with van der Waals surface area (Å²) < 4.78 is 0.946. The first-order valence-corrected chi connectivity index (χ1v) is 4.92. The van der Waals surface area contributed by atoms with E-state index in [2.05, 4.69) is 34.8 Å². The second-order valence-corrected chi connectivity index (χ2v) is 3.46. The van der Waals surface area contributed by atoms with Crippen LogP contribution in [0.25, 0.3) is 0 Å². The number of hydrogen-bond donors (Lipinski definition) is 1. The Bertz CT molecular complexity index is 284. The van der Waals surface area contributed by atoms with E-state index in [0.29, 0.717) is 0 Å². The van der Waals surface area contributed by atoms with E-state index < -0.39 is 0 Å². The molecule has 0 radical (unpaired) electrons. The maximum atomic E-state index is 5.79. The highest BCUT2D eigenvalue weighted by atomic mass is 79.9. The fraction of sp³-hybridized carbons (Fsp3) is 0.444. The van der Waals surface area contributed by atoms with Gasteiger partial charge in [0.2, 0.25) is 0 Å². The Morgan fingerprint density at radius 1 is 1.42 bits per heavy atom. The Balaban J connectivity index is 3.19. The lowest BCUT2D eigenvalue weighted by atomic mass is 10.2. The summed E-state index contributed by atoms with van der Waals surface area (Å²) in [7, 11) is 0. The van der Waals surface area contributed by atoms with Crippen LogP contribution in [-0.4, -0.2) is 4.98 Å². The lowest BCUT2D eigenvalue weighted by Crippen LogP contribution is -1.99. The molecule has 0 fully saturated rings. The second kappa shape index (κ2) is 3.90. The maximum absolute atomic E-state index is 5.79. The molecule has 12 heavy (non-hydrogen) atoms. The van der Waals surface area contributed by atoms with Gasteiger partial charge in [0.05, 0.1) is 10.2 Å². The lowest BCUT2D eigenvalue weighted by Gasteiger charge is -2.06. The molecular weight excluding hydrogens is 216 g/mol. The Morgan fingerprint density at radius 3 is 2.58 bits per heavy atom. The monoisotopic (exact) mass is 228 g/mol. The second-order valence-electron chi connectivity index (χ2n) is 2.67. The summed E-state index contributed by atoms with van der Waals surface area (Å²) in [5.74, 6) is 0. The Hall–Kier alpha value is -0.570. The van der Waals surface area contributed by atoms with Crippen molar-refractivity contribution in [1.29, 1.82) is 0 Å². The van der Waals surface area contributed by atoms with Crippen LogP contribution in [0.1, 0.15) is 25.2 Å². The predicted molar refractivity (Wildman–Crippen MR) is 55.1 cm³/mol. The minimum absolute atomic E-state index is 0.790. The van der Waals surface area contributed by atoms with Gasteiger partial charge >= 0.3 is 0 Å². The number of hydrogen-bond acceptors (Lipinski definition) is 2. The molecular formula is C9H13BrN2. The Morgan fingerprint density at radius 2 is 2.08 bits per heavy atom. The van der Waals surface area contributed by atoms with Gasteiger partial charge in [-0.3, -0.25) is 4.98 Å². The standard InChI is InChI=1S/C9H13BrN2/c1-3-6-5-7(11)9(10)8(4-2)12-6/h5H,3-4H2,1-2H3,(H2,11,12). The first-order valence-electron chi connectivity index (χ1n) is 4.12. The molecule has 0 bridgehead atoms. The van der Waals surface area contributed by atoms with Gasteiger partial charge in [-0.05, 0) is 34.8 Å². The highest BCUT2D eigenvalue weighted by Gasteiger charge is 2.04. The minimum Gasteiger partial charge on any atom is -0.398 e. The fourth-order valence-electron chi connectivity index (χ4n) is 1.08. The number of nitrogens with two attached hydrogens (primary N) is 1. The molecule has 0 atom stereocenters. The summed E-state index contributed by atoms with van der Waals surface area (Å²) in [5.41, 5.74) is 8.69. The van der Waals surface area contributed by atoms with Crippen LogP contribution in [-0.2, 0) is 12.8 Å². The number of pyridine rings is 1. The number of halogens is 1. The number of nitrogen functional groups attached to an aromatic ring is 1. The highest BCUT2D eigenvalue weighted by Crippen LogP contribution is 2.23. The van der Waals surface area contributed by atoms with Crippen molar-refractivity contribution in [3.8, 4) is 0 Å². The summed E-state index contributed by atoms with van der Waals surface area (Å²) in [6, 6.07) is 1.92. The molecule has 1 heterocycles. The highest BCUT2D eigenvalue weighted by molar-refractivity contribution is 9.10. The molecule has 1 aromatic heterocycles. The molecule has 0 aliphatic carbocycles. The van der Waals surface area contributed by atoms with Crippen LogP contribution in [0.2, 0.25) is 0 Å². The topological polar surface area (TPSA) is 38.9 Å². The molecule has 0 spiro atoms. The maximum Gasteiger partial charge on any atom is 0.0620 e. The van der Waals surface area contributed by atoms with E-state index >= 15 is 0 Å². The molecule has 0 aliphatic rings. The van der Waals surface area contributed by atoms with E-state index in [1.54, 1.807) is 0 Å². The molecule has 0 aliphatic heterocycles. The number of anilines is 1. The predicted octanol–water partition coefficient (Wildman–Crippen LogP) is 2.55. The van der Waals surface area contributed by atoms with Crippen molar-refractivity contribution in [3.63, 3.8) is 0 Å². The van der Waals surface area contributed by atoms with Crippen LogP contribution in [0.15, 0.2) is 10.5 Å². The molecule has 2 N–H and O–H groups in total. The van der Waals surface area contributed by atoms with Gasteiger partial charge in [0.15, 0.2) is 0 Å². The van der Waals surface area contributed by atoms with E-state index in [1.807, 2.05) is 6.07 Å². The van der Waals surface area contributed by atoms with Gasteiger partial charge in [-0.15, -0.1) is 0 Å². The smallest absolute Gasteiger partial charge is 0.0620 e. The molecule has 2 nitrogen and oxygen atoms in total. The largest absolute Gasteiger partial charge is 0.398 e. The van der Waals surface area contributed by atoms with Crippen molar-refractivity contribution in [3.05, 3.63) is 21.9 Å². The average molecular weight is 229 g/mol. The normalized spacial score (nSPS) is 10.2.